The van der Waals surface area contributed by atoms with Crippen molar-refractivity contribution in [2.24, 2.45) is 5.73 Å². The van der Waals surface area contributed by atoms with Gasteiger partial charge in [0.15, 0.2) is 0 Å². The number of morpholine rings is 1. The number of rotatable bonds is 2. The molecule has 2 rings (SSSR count). The van der Waals surface area contributed by atoms with Crippen LogP contribution in [0.4, 0.5) is 5.82 Å². The summed E-state index contributed by atoms with van der Waals surface area (Å²) >= 11 is 0. The van der Waals surface area contributed by atoms with Gasteiger partial charge in [-0.05, 0) is 39.3 Å². The van der Waals surface area contributed by atoms with E-state index < -0.39 is 5.91 Å². The molecule has 5 nitrogen and oxygen atoms in total. The van der Waals surface area contributed by atoms with Crippen LogP contribution in [-0.4, -0.2) is 31.2 Å². The smallest absolute Gasteiger partial charge is 0.288 e. The van der Waals surface area contributed by atoms with Gasteiger partial charge in [0.2, 0.25) is 0 Å². The molecule has 1 amide bonds. The number of H-pyrrole nitrogens is 1. The number of nitrogens with one attached hydrogen (secondary N) is 1. The third kappa shape index (κ3) is 2.87. The molecule has 3 N–H and O–H groups in total. The second kappa shape index (κ2) is 5.17. The maximum Gasteiger partial charge on any atom is 0.288 e. The van der Waals surface area contributed by atoms with Crippen LogP contribution in [0.3, 0.4) is 0 Å². The van der Waals surface area contributed by atoms with Crippen LogP contribution in [0.25, 0.3) is 0 Å². The van der Waals surface area contributed by atoms with E-state index in [2.05, 4.69) is 9.88 Å². The molecule has 0 radical (unpaired) electrons. The molecule has 1 aliphatic heterocycles. The number of nitrogens with two attached hydrogens (primary N) is 1. The van der Waals surface area contributed by atoms with E-state index in [-0.39, 0.29) is 12.2 Å². The summed E-state index contributed by atoms with van der Waals surface area (Å²) in [7, 11) is 0. The fourth-order valence-corrected chi connectivity index (χ4v) is 2.78. The van der Waals surface area contributed by atoms with Crippen LogP contribution in [0.1, 0.15) is 35.5 Å². The second-order valence-corrected chi connectivity index (χ2v) is 5.39. The Labute approximate surface area is 113 Å². The molecule has 2 atom stereocenters. The highest BCUT2D eigenvalue weighted by Gasteiger charge is 2.32. The number of nitrogens with zero attached hydrogens (tertiary/aromatic N) is 1. The average Bonchev–Trinajstić information content (AvgIpc) is 2.25. The fourth-order valence-electron chi connectivity index (χ4n) is 2.78. The van der Waals surface area contributed by atoms with Gasteiger partial charge in [0.25, 0.3) is 11.7 Å². The summed E-state index contributed by atoms with van der Waals surface area (Å²) in [5.74, 6) is 0.419. The zero-order valence-electron chi connectivity index (χ0n) is 12.0. The molecule has 1 aromatic rings. The molecule has 0 saturated carbocycles. The molecule has 1 aliphatic rings. The van der Waals surface area contributed by atoms with Crippen LogP contribution < -0.4 is 15.6 Å². The zero-order valence-corrected chi connectivity index (χ0v) is 12.0. The van der Waals surface area contributed by atoms with E-state index in [9.17, 15) is 4.79 Å². The molecule has 1 saturated heterocycles. The third-order valence-electron chi connectivity index (χ3n) is 3.36. The minimum atomic E-state index is -0.393. The molecular formula is C14H22N3O2+. The Morgan fingerprint density at radius 1 is 1.37 bits per heavy atom. The van der Waals surface area contributed by atoms with Gasteiger partial charge in [-0.2, -0.15) is 0 Å². The maximum atomic E-state index is 11.7. The van der Waals surface area contributed by atoms with Crippen molar-refractivity contribution in [3.05, 3.63) is 22.9 Å². The number of ether oxygens (including phenoxy) is 1. The van der Waals surface area contributed by atoms with E-state index in [4.69, 9.17) is 10.5 Å². The van der Waals surface area contributed by atoms with Gasteiger partial charge in [-0.15, -0.1) is 0 Å². The molecular weight excluding hydrogens is 242 g/mol. The lowest BCUT2D eigenvalue weighted by Crippen LogP contribution is -2.48. The number of pyridine rings is 1. The molecule has 0 unspecified atom stereocenters. The molecule has 1 fully saturated rings. The first-order chi connectivity index (χ1) is 8.88. The predicted molar refractivity (Wildman–Crippen MR) is 73.2 cm³/mol. The highest BCUT2D eigenvalue weighted by molar-refractivity contribution is 5.98. The van der Waals surface area contributed by atoms with Crippen molar-refractivity contribution in [1.82, 2.24) is 0 Å². The Balaban J connectivity index is 2.45. The highest BCUT2D eigenvalue weighted by atomic mass is 16.5. The van der Waals surface area contributed by atoms with Crippen molar-refractivity contribution in [3.8, 4) is 0 Å². The number of carbonyl (C=O) groups excluding carboxylic acids is 1. The number of primary amides is 1. The Hall–Kier alpha value is -1.62. The lowest BCUT2D eigenvalue weighted by molar-refractivity contribution is -0.374. The van der Waals surface area contributed by atoms with Crippen molar-refractivity contribution < 1.29 is 14.5 Å². The minimum Gasteiger partial charge on any atom is -0.367 e. The first-order valence-electron chi connectivity index (χ1n) is 6.62. The standard InChI is InChI=1S/C14H21N3O2/c1-8-5-9(2)16-14(12(8)13(15)18)17-6-10(3)19-11(4)7-17/h5,10-11H,6-7H2,1-4H3,(H2,15,18)/p+1/t10-,11+. The van der Waals surface area contributed by atoms with Crippen molar-refractivity contribution in [2.75, 3.05) is 18.0 Å². The van der Waals surface area contributed by atoms with Gasteiger partial charge in [-0.1, -0.05) is 0 Å². The van der Waals surface area contributed by atoms with E-state index in [0.29, 0.717) is 5.56 Å². The second-order valence-electron chi connectivity index (χ2n) is 5.39. The summed E-state index contributed by atoms with van der Waals surface area (Å²) in [6.07, 6.45) is 0.275. The topological polar surface area (TPSA) is 69.7 Å². The molecule has 2 heterocycles. The van der Waals surface area contributed by atoms with Crippen molar-refractivity contribution in [3.63, 3.8) is 0 Å². The highest BCUT2D eigenvalue weighted by Crippen LogP contribution is 2.22. The van der Waals surface area contributed by atoms with Gasteiger partial charge < -0.3 is 10.5 Å². The van der Waals surface area contributed by atoms with Crippen LogP contribution in [0, 0.1) is 13.8 Å². The molecule has 0 aliphatic carbocycles. The number of amides is 1. The molecule has 19 heavy (non-hydrogen) atoms. The van der Waals surface area contributed by atoms with Crippen LogP contribution in [0.2, 0.25) is 0 Å². The Kier molecular flexibility index (Phi) is 3.75. The van der Waals surface area contributed by atoms with Crippen LogP contribution in [0.5, 0.6) is 0 Å². The van der Waals surface area contributed by atoms with E-state index in [0.717, 1.165) is 30.2 Å². The van der Waals surface area contributed by atoms with Crippen LogP contribution in [-0.2, 0) is 4.74 Å². The summed E-state index contributed by atoms with van der Waals surface area (Å²) < 4.78 is 5.73. The molecule has 0 aromatic carbocycles. The van der Waals surface area contributed by atoms with Gasteiger partial charge in [0.1, 0.15) is 18.7 Å². The summed E-state index contributed by atoms with van der Waals surface area (Å²) in [5.41, 5.74) is 8.03. The first kappa shape index (κ1) is 13.8. The number of aromatic nitrogens is 1. The Morgan fingerprint density at radius 2 is 1.95 bits per heavy atom. The van der Waals surface area contributed by atoms with Crippen LogP contribution >= 0.6 is 0 Å². The van der Waals surface area contributed by atoms with E-state index >= 15 is 0 Å². The molecule has 0 spiro atoms. The van der Waals surface area contributed by atoms with Crippen LogP contribution in [0.15, 0.2) is 6.07 Å². The number of aromatic amines is 1. The minimum absolute atomic E-state index is 0.138. The van der Waals surface area contributed by atoms with E-state index in [1.165, 1.54) is 0 Å². The van der Waals surface area contributed by atoms with Gasteiger partial charge in [0.05, 0.1) is 17.9 Å². The quantitative estimate of drug-likeness (QED) is 0.860. The van der Waals surface area contributed by atoms with Crippen molar-refractivity contribution in [1.29, 1.82) is 0 Å². The third-order valence-corrected chi connectivity index (χ3v) is 3.36. The average molecular weight is 264 g/mol. The monoisotopic (exact) mass is 264 g/mol. The maximum absolute atomic E-state index is 11.7. The van der Waals surface area contributed by atoms with Gasteiger partial charge in [-0.25, -0.2) is 4.98 Å². The molecule has 104 valence electrons. The lowest BCUT2D eigenvalue weighted by Gasteiger charge is -2.31. The number of anilines is 1. The number of hydrogen-bond donors (Lipinski definition) is 1. The summed E-state index contributed by atoms with van der Waals surface area (Å²) in [6, 6.07) is 1.94. The lowest BCUT2D eigenvalue weighted by atomic mass is 10.1. The summed E-state index contributed by atoms with van der Waals surface area (Å²) in [4.78, 5) is 17.1. The largest absolute Gasteiger partial charge is 0.367 e. The summed E-state index contributed by atoms with van der Waals surface area (Å²) in [5, 5.41) is 0. The number of hydrogen-bond acceptors (Lipinski definition) is 3. The molecule has 1 aromatic heterocycles. The number of aryl methyl sites for hydroxylation is 2. The van der Waals surface area contributed by atoms with E-state index in [1.807, 2.05) is 33.8 Å². The summed E-state index contributed by atoms with van der Waals surface area (Å²) in [6.45, 7) is 9.48. The van der Waals surface area contributed by atoms with Gasteiger partial charge in [0, 0.05) is 0 Å². The SMILES string of the molecule is Cc1cc(C)c(C(N)=O)c(N2C[C@@H](C)O[C@@H](C)C2)[nH+]1. The molecule has 5 heteroatoms. The normalized spacial score (nSPS) is 23.5. The zero-order chi connectivity index (χ0) is 14.2. The van der Waals surface area contributed by atoms with Gasteiger partial charge in [-0.3, -0.25) is 9.69 Å². The number of carbonyl (C=O) groups is 1. The Morgan fingerprint density at radius 3 is 2.47 bits per heavy atom. The van der Waals surface area contributed by atoms with E-state index in [1.54, 1.807) is 0 Å². The Bertz CT molecular complexity index is 492. The molecule has 0 bridgehead atoms. The van der Waals surface area contributed by atoms with Crippen molar-refractivity contribution >= 4 is 11.7 Å². The first-order valence-corrected chi connectivity index (χ1v) is 6.62. The van der Waals surface area contributed by atoms with Gasteiger partial charge >= 0.3 is 0 Å². The van der Waals surface area contributed by atoms with Crippen molar-refractivity contribution in [2.45, 2.75) is 39.9 Å². The predicted octanol–water partition coefficient (Wildman–Crippen LogP) is 0.830. The fraction of sp³-hybridized carbons (Fsp3) is 0.571.